The van der Waals surface area contributed by atoms with Crippen LogP contribution in [0, 0.1) is 12.8 Å². The molecule has 0 aliphatic heterocycles. The van der Waals surface area contributed by atoms with Crippen molar-refractivity contribution in [3.8, 4) is 0 Å². The van der Waals surface area contributed by atoms with Crippen LogP contribution in [0.25, 0.3) is 0 Å². The van der Waals surface area contributed by atoms with E-state index in [0.717, 1.165) is 4.88 Å². The summed E-state index contributed by atoms with van der Waals surface area (Å²) in [5.41, 5.74) is 1.55. The average Bonchev–Trinajstić information content (AvgIpc) is 2.96. The van der Waals surface area contributed by atoms with Crippen LogP contribution in [0.15, 0.2) is 35.7 Å². The van der Waals surface area contributed by atoms with Crippen LogP contribution < -0.4 is 5.32 Å². The summed E-state index contributed by atoms with van der Waals surface area (Å²) in [5, 5.41) is 5.23. The first-order valence-electron chi connectivity index (χ1n) is 8.14. The normalized spacial score (nSPS) is 12.1. The molecule has 0 aliphatic carbocycles. The fourth-order valence-electron chi connectivity index (χ4n) is 2.47. The van der Waals surface area contributed by atoms with Crippen molar-refractivity contribution in [2.45, 2.75) is 33.4 Å². The van der Waals surface area contributed by atoms with Crippen LogP contribution in [-0.4, -0.2) is 29.8 Å². The summed E-state index contributed by atoms with van der Waals surface area (Å²) in [6.45, 7) is 6.40. The van der Waals surface area contributed by atoms with E-state index < -0.39 is 6.04 Å². The number of carbonyl (C=O) groups excluding carboxylic acids is 2. The Labute approximate surface area is 157 Å². The molecule has 0 aliphatic rings. The number of likely N-dealkylation sites (N-methyl/N-ethyl adjacent to an activating group) is 1. The summed E-state index contributed by atoms with van der Waals surface area (Å²) in [7, 11) is 1.76. The summed E-state index contributed by atoms with van der Waals surface area (Å²) in [6.07, 6.45) is 0. The molecule has 2 amide bonds. The summed E-state index contributed by atoms with van der Waals surface area (Å²) >= 11 is 7.71. The van der Waals surface area contributed by atoms with Gasteiger partial charge in [0, 0.05) is 11.9 Å². The Morgan fingerprint density at radius 1 is 1.24 bits per heavy atom. The maximum Gasteiger partial charge on any atom is 0.253 e. The monoisotopic (exact) mass is 378 g/mol. The lowest BCUT2D eigenvalue weighted by Gasteiger charge is -2.27. The van der Waals surface area contributed by atoms with Crippen molar-refractivity contribution in [1.29, 1.82) is 0 Å². The van der Waals surface area contributed by atoms with Gasteiger partial charge in [0.1, 0.15) is 6.04 Å². The van der Waals surface area contributed by atoms with Crippen LogP contribution in [0.4, 0.5) is 0 Å². The second kappa shape index (κ2) is 8.50. The molecule has 0 unspecified atom stereocenters. The van der Waals surface area contributed by atoms with E-state index >= 15 is 0 Å². The van der Waals surface area contributed by atoms with Crippen molar-refractivity contribution in [2.24, 2.45) is 5.92 Å². The lowest BCUT2D eigenvalue weighted by atomic mass is 10.0. The van der Waals surface area contributed by atoms with Crippen molar-refractivity contribution >= 4 is 34.8 Å². The van der Waals surface area contributed by atoms with E-state index in [2.05, 4.69) is 5.32 Å². The van der Waals surface area contributed by atoms with Crippen molar-refractivity contribution in [3.05, 3.63) is 56.7 Å². The second-order valence-corrected chi connectivity index (χ2v) is 7.80. The highest BCUT2D eigenvalue weighted by molar-refractivity contribution is 7.10. The molecule has 4 nitrogen and oxygen atoms in total. The molecule has 0 saturated carbocycles. The topological polar surface area (TPSA) is 49.4 Å². The van der Waals surface area contributed by atoms with Gasteiger partial charge in [-0.2, -0.15) is 0 Å². The predicted octanol–water partition coefficient (Wildman–Crippen LogP) is 4.12. The molecule has 2 aromatic rings. The van der Waals surface area contributed by atoms with Crippen molar-refractivity contribution in [2.75, 3.05) is 7.05 Å². The molecule has 134 valence electrons. The molecule has 1 N–H and O–H groups in total. The summed E-state index contributed by atoms with van der Waals surface area (Å²) in [4.78, 5) is 28.2. The Morgan fingerprint density at radius 3 is 2.48 bits per heavy atom. The third kappa shape index (κ3) is 4.83. The summed E-state index contributed by atoms with van der Waals surface area (Å²) in [5.74, 6) is -0.479. The smallest absolute Gasteiger partial charge is 0.253 e. The molecule has 25 heavy (non-hydrogen) atoms. The molecule has 1 heterocycles. The number of hydrogen-bond acceptors (Lipinski definition) is 3. The van der Waals surface area contributed by atoms with Crippen LogP contribution in [0.1, 0.15) is 34.6 Å². The van der Waals surface area contributed by atoms with Crippen LogP contribution in [0.3, 0.4) is 0 Å². The van der Waals surface area contributed by atoms with Gasteiger partial charge in [0.15, 0.2) is 0 Å². The lowest BCUT2D eigenvalue weighted by Crippen LogP contribution is -2.50. The molecule has 0 spiro atoms. The van der Waals surface area contributed by atoms with Crippen LogP contribution >= 0.6 is 22.9 Å². The molecule has 0 saturated heterocycles. The third-order valence-electron chi connectivity index (χ3n) is 4.06. The zero-order chi connectivity index (χ0) is 18.6. The minimum Gasteiger partial charge on any atom is -0.340 e. The first-order chi connectivity index (χ1) is 11.8. The van der Waals surface area contributed by atoms with E-state index in [0.29, 0.717) is 17.1 Å². The first-order valence-corrected chi connectivity index (χ1v) is 9.40. The number of halogens is 1. The zero-order valence-electron chi connectivity index (χ0n) is 14.9. The third-order valence-corrected chi connectivity index (χ3v) is 5.40. The van der Waals surface area contributed by atoms with E-state index in [9.17, 15) is 9.59 Å². The Hall–Kier alpha value is -1.85. The number of carbonyl (C=O) groups is 2. The maximum atomic E-state index is 12.9. The van der Waals surface area contributed by atoms with E-state index in [-0.39, 0.29) is 17.7 Å². The van der Waals surface area contributed by atoms with Gasteiger partial charge in [-0.1, -0.05) is 37.6 Å². The largest absolute Gasteiger partial charge is 0.340 e. The van der Waals surface area contributed by atoms with E-state index in [1.165, 1.54) is 5.56 Å². The van der Waals surface area contributed by atoms with Crippen LogP contribution in [-0.2, 0) is 11.3 Å². The molecule has 2 rings (SSSR count). The molecule has 0 bridgehead atoms. The number of aryl methyl sites for hydroxylation is 1. The van der Waals surface area contributed by atoms with Gasteiger partial charge in [-0.25, -0.2) is 0 Å². The number of benzene rings is 1. The summed E-state index contributed by atoms with van der Waals surface area (Å²) < 4.78 is 0. The SMILES string of the molecule is Cc1ccsc1CN(C)C(=O)[C@@H](NC(=O)c1ccccc1Cl)C(C)C. The molecular formula is C19H23ClN2O2S. The van der Waals surface area contributed by atoms with Gasteiger partial charge < -0.3 is 10.2 Å². The molecule has 0 fully saturated rings. The second-order valence-electron chi connectivity index (χ2n) is 6.40. The van der Waals surface area contributed by atoms with Gasteiger partial charge in [0.2, 0.25) is 5.91 Å². The summed E-state index contributed by atoms with van der Waals surface area (Å²) in [6, 6.07) is 8.26. The minimum absolute atomic E-state index is 0.0363. The van der Waals surface area contributed by atoms with Gasteiger partial charge in [-0.3, -0.25) is 9.59 Å². The van der Waals surface area contributed by atoms with Gasteiger partial charge in [0.25, 0.3) is 5.91 Å². The van der Waals surface area contributed by atoms with Crippen LogP contribution in [0.5, 0.6) is 0 Å². The van der Waals surface area contributed by atoms with Gasteiger partial charge in [-0.15, -0.1) is 11.3 Å². The fraction of sp³-hybridized carbons (Fsp3) is 0.368. The lowest BCUT2D eigenvalue weighted by molar-refractivity contribution is -0.133. The van der Waals surface area contributed by atoms with Gasteiger partial charge in [-0.05, 0) is 42.0 Å². The molecule has 1 aromatic carbocycles. The Morgan fingerprint density at radius 2 is 1.92 bits per heavy atom. The van der Waals surface area contributed by atoms with E-state index in [4.69, 9.17) is 11.6 Å². The minimum atomic E-state index is -0.603. The zero-order valence-corrected chi connectivity index (χ0v) is 16.4. The highest BCUT2D eigenvalue weighted by Gasteiger charge is 2.28. The van der Waals surface area contributed by atoms with Crippen molar-refractivity contribution < 1.29 is 9.59 Å². The Bertz CT molecular complexity index is 757. The Kier molecular flexibility index (Phi) is 6.62. The standard InChI is InChI=1S/C19H23ClN2O2S/c1-12(2)17(21-18(23)14-7-5-6-8-15(14)20)19(24)22(4)11-16-13(3)9-10-25-16/h5-10,12,17H,11H2,1-4H3,(H,21,23)/t17-/m0/s1. The van der Waals surface area contributed by atoms with Crippen molar-refractivity contribution in [3.63, 3.8) is 0 Å². The highest BCUT2D eigenvalue weighted by atomic mass is 35.5. The molecular weight excluding hydrogens is 356 g/mol. The number of hydrogen-bond donors (Lipinski definition) is 1. The Balaban J connectivity index is 2.11. The van der Waals surface area contributed by atoms with Gasteiger partial charge >= 0.3 is 0 Å². The van der Waals surface area contributed by atoms with Crippen molar-refractivity contribution in [1.82, 2.24) is 10.2 Å². The maximum absolute atomic E-state index is 12.9. The first kappa shape index (κ1) is 19.5. The number of nitrogens with zero attached hydrogens (tertiary/aromatic N) is 1. The molecule has 1 aromatic heterocycles. The quantitative estimate of drug-likeness (QED) is 0.821. The average molecular weight is 379 g/mol. The number of rotatable bonds is 6. The number of amides is 2. The van der Waals surface area contributed by atoms with E-state index in [1.54, 1.807) is 47.5 Å². The number of thiophene rings is 1. The molecule has 1 atom stereocenters. The fourth-order valence-corrected chi connectivity index (χ4v) is 3.65. The predicted molar refractivity (Wildman–Crippen MR) is 103 cm³/mol. The van der Waals surface area contributed by atoms with Gasteiger partial charge in [0.05, 0.1) is 17.1 Å². The number of nitrogens with one attached hydrogen (secondary N) is 1. The highest BCUT2D eigenvalue weighted by Crippen LogP contribution is 2.19. The van der Waals surface area contributed by atoms with Crippen LogP contribution in [0.2, 0.25) is 5.02 Å². The molecule has 6 heteroatoms. The van der Waals surface area contributed by atoms with E-state index in [1.807, 2.05) is 32.2 Å². The molecule has 0 radical (unpaired) electrons.